The van der Waals surface area contributed by atoms with Crippen molar-refractivity contribution in [2.24, 2.45) is 0 Å². The third-order valence-electron chi connectivity index (χ3n) is 1.06. The zero-order valence-corrected chi connectivity index (χ0v) is 7.37. The molecule has 65 valence electrons. The molecule has 0 atom stereocenters. The normalized spacial score (nSPS) is 10.2. The molecule has 0 saturated heterocycles. The Labute approximate surface area is 74.5 Å². The van der Waals surface area contributed by atoms with Crippen molar-refractivity contribution in [3.63, 3.8) is 0 Å². The van der Waals surface area contributed by atoms with Crippen LogP contribution in [0.15, 0.2) is 6.20 Å². The average molecular weight is 239 g/mol. The van der Waals surface area contributed by atoms with E-state index in [-0.39, 0.29) is 5.82 Å². The van der Waals surface area contributed by atoms with Gasteiger partial charge in [0.15, 0.2) is 0 Å². The van der Waals surface area contributed by atoms with E-state index in [0.29, 0.717) is 4.90 Å². The molecule has 2 N–H and O–H groups in total. The van der Waals surface area contributed by atoms with Crippen molar-refractivity contribution in [2.45, 2.75) is 6.55 Å². The number of aromatic nitrogens is 3. The molecule has 1 rings (SSSR count). The summed E-state index contributed by atoms with van der Waals surface area (Å²) in [7, 11) is 0. The van der Waals surface area contributed by atoms with Gasteiger partial charge in [-0.3, -0.25) is 0 Å². The summed E-state index contributed by atoms with van der Waals surface area (Å²) in [4.78, 5) is 0.406. The van der Waals surface area contributed by atoms with Gasteiger partial charge in [-0.15, -0.1) is 0 Å². The Balaban J connectivity index is 2.88. The Morgan fingerprint density at radius 3 is 2.75 bits per heavy atom. The molecule has 1 heterocycles. The summed E-state index contributed by atoms with van der Waals surface area (Å²) in [5.74, 6) is -0.0891. The maximum absolute atomic E-state index is 12.2. The quantitative estimate of drug-likeness (QED) is 0.328. The van der Waals surface area contributed by atoms with E-state index >= 15 is 0 Å². The second-order valence-electron chi connectivity index (χ2n) is 1.78. The van der Waals surface area contributed by atoms with Gasteiger partial charge in [0.05, 0.1) is 0 Å². The van der Waals surface area contributed by atoms with Crippen LogP contribution in [0, 0.1) is 5.41 Å². The van der Waals surface area contributed by atoms with Gasteiger partial charge in [-0.2, -0.15) is 0 Å². The van der Waals surface area contributed by atoms with E-state index in [9.17, 15) is 8.78 Å². The summed E-state index contributed by atoms with van der Waals surface area (Å²) in [6.07, 6.45) is 1.11. The van der Waals surface area contributed by atoms with Gasteiger partial charge in [-0.05, 0) is 0 Å². The van der Waals surface area contributed by atoms with Crippen LogP contribution in [0.3, 0.4) is 0 Å². The number of nitrogens with one attached hydrogen (secondary N) is 2. The topological polar surface area (TPSA) is 68.7 Å². The van der Waals surface area contributed by atoms with Crippen LogP contribution >= 0.6 is 0 Å². The first-order valence-electron chi connectivity index (χ1n) is 2.81. The van der Waals surface area contributed by atoms with E-state index in [2.05, 4.69) is 31.4 Å². The van der Waals surface area contributed by atoms with Gasteiger partial charge in [0.1, 0.15) is 0 Å². The van der Waals surface area contributed by atoms with Gasteiger partial charge in [-0.1, -0.05) is 0 Å². The van der Waals surface area contributed by atoms with Crippen LogP contribution in [0.25, 0.3) is 0 Å². The molecular formula is C4H4F2N5Se. The molecule has 5 nitrogen and oxygen atoms in total. The number of anilines is 1. The van der Waals surface area contributed by atoms with E-state index in [1.54, 1.807) is 0 Å². The van der Waals surface area contributed by atoms with Crippen molar-refractivity contribution in [2.75, 3.05) is 4.90 Å². The summed E-state index contributed by atoms with van der Waals surface area (Å²) in [6.45, 7) is -2.80. The first-order valence-corrected chi connectivity index (χ1v) is 3.67. The minimum absolute atomic E-state index is 0.0891. The molecule has 0 aromatic carbocycles. The summed E-state index contributed by atoms with van der Waals surface area (Å²) < 4.78 is 24.0. The average Bonchev–Trinajstić information content (AvgIpc) is 2.37. The number of hydrogen-bond donors (Lipinski definition) is 2. The Morgan fingerprint density at radius 1 is 1.75 bits per heavy atom. The molecule has 0 fully saturated rings. The fraction of sp³-hybridized carbons (Fsp3) is 0.250. The summed E-state index contributed by atoms with van der Waals surface area (Å²) in [6, 6.07) is 0. The van der Waals surface area contributed by atoms with Gasteiger partial charge in [0, 0.05) is 0 Å². The fourth-order valence-electron chi connectivity index (χ4n) is 0.604. The molecule has 0 aliphatic carbocycles. The van der Waals surface area contributed by atoms with Crippen molar-refractivity contribution < 1.29 is 8.78 Å². The molecule has 0 saturated carbocycles. The molecule has 0 bridgehead atoms. The number of hydrogen-bond acceptors (Lipinski definition) is 3. The minimum atomic E-state index is -2.80. The standard InChI is InChI=1S/C4H4F2N5Se/c5-3(6)11(4(7)12)2-1-8-10-9-2/h1,3,7H,(H,8,9,10). The van der Waals surface area contributed by atoms with Gasteiger partial charge < -0.3 is 0 Å². The van der Waals surface area contributed by atoms with E-state index in [1.807, 2.05) is 0 Å². The first-order chi connectivity index (χ1) is 5.63. The molecule has 0 spiro atoms. The van der Waals surface area contributed by atoms with Crippen LogP contribution in [0.1, 0.15) is 0 Å². The SMILES string of the molecule is N=C([Se])N(c1cn[nH]n1)C(F)F. The number of amidine groups is 1. The number of H-pyrrole nitrogens is 1. The Morgan fingerprint density at radius 2 is 2.42 bits per heavy atom. The number of alkyl halides is 2. The van der Waals surface area contributed by atoms with Gasteiger partial charge in [0.2, 0.25) is 0 Å². The Bertz CT molecular complexity index is 260. The molecular weight excluding hydrogens is 235 g/mol. The van der Waals surface area contributed by atoms with Crippen LogP contribution in [0.5, 0.6) is 0 Å². The molecule has 1 aromatic rings. The predicted molar refractivity (Wildman–Crippen MR) is 38.3 cm³/mol. The maximum atomic E-state index is 12.2. The van der Waals surface area contributed by atoms with Crippen LogP contribution < -0.4 is 4.90 Å². The van der Waals surface area contributed by atoms with Gasteiger partial charge >= 0.3 is 73.8 Å². The summed E-state index contributed by atoms with van der Waals surface area (Å²) >= 11 is 2.16. The van der Waals surface area contributed by atoms with Crippen LogP contribution in [-0.4, -0.2) is 42.7 Å². The third-order valence-corrected chi connectivity index (χ3v) is 1.48. The number of nitrogens with zero attached hydrogens (tertiary/aromatic N) is 3. The van der Waals surface area contributed by atoms with E-state index in [1.165, 1.54) is 0 Å². The number of aromatic amines is 1. The Hall–Kier alpha value is -1.01. The molecule has 1 radical (unpaired) electrons. The summed E-state index contributed by atoms with van der Waals surface area (Å²) in [5, 5.41) is 15.9. The molecule has 1 aromatic heterocycles. The second kappa shape index (κ2) is 3.59. The zero-order chi connectivity index (χ0) is 9.14. The monoisotopic (exact) mass is 240 g/mol. The molecule has 0 amide bonds. The van der Waals surface area contributed by atoms with Gasteiger partial charge in [0.25, 0.3) is 0 Å². The predicted octanol–water partition coefficient (Wildman–Crippen LogP) is -0.0630. The van der Waals surface area contributed by atoms with E-state index in [0.717, 1.165) is 6.20 Å². The van der Waals surface area contributed by atoms with Crippen LogP contribution in [0.2, 0.25) is 0 Å². The number of halogens is 2. The fourth-order valence-corrected chi connectivity index (χ4v) is 0.968. The van der Waals surface area contributed by atoms with E-state index < -0.39 is 11.3 Å². The van der Waals surface area contributed by atoms with Crippen molar-refractivity contribution in [1.29, 1.82) is 5.41 Å². The summed E-state index contributed by atoms with van der Waals surface area (Å²) in [5.41, 5.74) is 0. The van der Waals surface area contributed by atoms with Crippen LogP contribution in [-0.2, 0) is 0 Å². The third kappa shape index (κ3) is 1.77. The van der Waals surface area contributed by atoms with Gasteiger partial charge in [-0.25, -0.2) is 0 Å². The Kier molecular flexibility index (Phi) is 2.72. The van der Waals surface area contributed by atoms with Crippen LogP contribution in [0.4, 0.5) is 14.6 Å². The van der Waals surface area contributed by atoms with E-state index in [4.69, 9.17) is 5.41 Å². The zero-order valence-electron chi connectivity index (χ0n) is 5.66. The van der Waals surface area contributed by atoms with Crippen molar-refractivity contribution >= 4 is 26.6 Å². The molecule has 0 aliphatic rings. The molecule has 0 aliphatic heterocycles. The molecule has 12 heavy (non-hydrogen) atoms. The molecule has 0 unspecified atom stereocenters. The number of rotatable bonds is 2. The van der Waals surface area contributed by atoms with Crippen molar-refractivity contribution in [3.05, 3.63) is 6.20 Å². The second-order valence-corrected chi connectivity index (χ2v) is 2.59. The van der Waals surface area contributed by atoms with Crippen molar-refractivity contribution in [3.8, 4) is 0 Å². The van der Waals surface area contributed by atoms with Crippen molar-refractivity contribution in [1.82, 2.24) is 15.4 Å². The first kappa shape index (κ1) is 9.08. The molecule has 8 heteroatoms.